The monoisotopic (exact) mass is 254 g/mol. The van der Waals surface area contributed by atoms with E-state index in [0.29, 0.717) is 24.0 Å². The van der Waals surface area contributed by atoms with Crippen molar-refractivity contribution < 1.29 is 14.3 Å². The Kier molecular flexibility index (Phi) is 4.02. The van der Waals surface area contributed by atoms with Crippen LogP contribution in [-0.4, -0.2) is 19.2 Å². The highest BCUT2D eigenvalue weighted by Gasteiger charge is 2.24. The molecule has 0 aromatic heterocycles. The standard InChI is InChI=1S/C13H15ClO3/c1-9-2-3-11(14)12(8-9)17-13(15)10-4-6-16-7-5-10/h2-3,8,10H,4-7H2,1H3. The van der Waals surface area contributed by atoms with E-state index >= 15 is 0 Å². The number of esters is 1. The fourth-order valence-electron chi connectivity index (χ4n) is 1.81. The summed E-state index contributed by atoms with van der Waals surface area (Å²) < 4.78 is 10.5. The van der Waals surface area contributed by atoms with E-state index < -0.39 is 0 Å². The Morgan fingerprint density at radius 2 is 2.12 bits per heavy atom. The Labute approximate surface area is 106 Å². The summed E-state index contributed by atoms with van der Waals surface area (Å²) in [4.78, 5) is 11.9. The lowest BCUT2D eigenvalue weighted by Crippen LogP contribution is -2.27. The van der Waals surface area contributed by atoms with Gasteiger partial charge in [-0.25, -0.2) is 0 Å². The van der Waals surface area contributed by atoms with Crippen LogP contribution in [-0.2, 0) is 9.53 Å². The summed E-state index contributed by atoms with van der Waals surface area (Å²) >= 11 is 5.98. The van der Waals surface area contributed by atoms with E-state index in [9.17, 15) is 4.79 Å². The third kappa shape index (κ3) is 3.20. The lowest BCUT2D eigenvalue weighted by atomic mass is 10.0. The second kappa shape index (κ2) is 5.52. The van der Waals surface area contributed by atoms with E-state index in [-0.39, 0.29) is 11.9 Å². The number of carbonyl (C=O) groups excluding carboxylic acids is 1. The van der Waals surface area contributed by atoms with Crippen molar-refractivity contribution >= 4 is 17.6 Å². The largest absolute Gasteiger partial charge is 0.425 e. The highest BCUT2D eigenvalue weighted by molar-refractivity contribution is 6.32. The maximum Gasteiger partial charge on any atom is 0.314 e. The average molecular weight is 255 g/mol. The summed E-state index contributed by atoms with van der Waals surface area (Å²) in [5.41, 5.74) is 1.02. The quantitative estimate of drug-likeness (QED) is 0.601. The molecule has 0 saturated carbocycles. The van der Waals surface area contributed by atoms with Crippen LogP contribution in [0.25, 0.3) is 0 Å². The maximum atomic E-state index is 11.9. The zero-order chi connectivity index (χ0) is 12.3. The van der Waals surface area contributed by atoms with Crippen LogP contribution in [0, 0.1) is 12.8 Å². The second-order valence-corrected chi connectivity index (χ2v) is 4.65. The minimum Gasteiger partial charge on any atom is -0.425 e. The molecule has 92 valence electrons. The molecule has 1 heterocycles. The van der Waals surface area contributed by atoms with Gasteiger partial charge in [-0.2, -0.15) is 0 Å². The van der Waals surface area contributed by atoms with Gasteiger partial charge in [-0.3, -0.25) is 4.79 Å². The average Bonchev–Trinajstić information content (AvgIpc) is 2.35. The van der Waals surface area contributed by atoms with Crippen molar-refractivity contribution in [3.63, 3.8) is 0 Å². The number of halogens is 1. The van der Waals surface area contributed by atoms with Gasteiger partial charge in [0.2, 0.25) is 0 Å². The molecule has 0 bridgehead atoms. The first-order chi connectivity index (χ1) is 8.16. The predicted octanol–water partition coefficient (Wildman–Crippen LogP) is 2.98. The maximum absolute atomic E-state index is 11.9. The molecule has 1 aromatic carbocycles. The van der Waals surface area contributed by atoms with Crippen LogP contribution in [0.5, 0.6) is 5.75 Å². The third-order valence-corrected chi connectivity index (χ3v) is 3.16. The van der Waals surface area contributed by atoms with E-state index in [4.69, 9.17) is 21.1 Å². The number of ether oxygens (including phenoxy) is 2. The Hall–Kier alpha value is -1.06. The Bertz CT molecular complexity index is 411. The van der Waals surface area contributed by atoms with Gasteiger partial charge in [-0.15, -0.1) is 0 Å². The molecule has 0 spiro atoms. The van der Waals surface area contributed by atoms with Gasteiger partial charge < -0.3 is 9.47 Å². The molecular formula is C13H15ClO3. The van der Waals surface area contributed by atoms with Gasteiger partial charge >= 0.3 is 5.97 Å². The summed E-state index contributed by atoms with van der Waals surface area (Å²) in [7, 11) is 0. The Balaban J connectivity index is 2.04. The van der Waals surface area contributed by atoms with Crippen LogP contribution < -0.4 is 4.74 Å². The molecule has 0 radical (unpaired) electrons. The third-order valence-electron chi connectivity index (χ3n) is 2.85. The van der Waals surface area contributed by atoms with Gasteiger partial charge in [0, 0.05) is 13.2 Å². The van der Waals surface area contributed by atoms with E-state index in [1.807, 2.05) is 13.0 Å². The first-order valence-electron chi connectivity index (χ1n) is 5.72. The molecule has 2 rings (SSSR count). The van der Waals surface area contributed by atoms with Gasteiger partial charge in [0.15, 0.2) is 0 Å². The molecule has 1 aromatic rings. The van der Waals surface area contributed by atoms with Gasteiger partial charge in [0.1, 0.15) is 5.75 Å². The summed E-state index contributed by atoms with van der Waals surface area (Å²) in [6, 6.07) is 5.40. The van der Waals surface area contributed by atoms with E-state index in [1.165, 1.54) is 0 Å². The molecule has 0 amide bonds. The molecule has 3 nitrogen and oxygen atoms in total. The Morgan fingerprint density at radius 3 is 2.82 bits per heavy atom. The molecule has 1 aliphatic rings. The van der Waals surface area contributed by atoms with Crippen molar-refractivity contribution in [1.82, 2.24) is 0 Å². The van der Waals surface area contributed by atoms with Crippen LogP contribution in [0.1, 0.15) is 18.4 Å². The van der Waals surface area contributed by atoms with E-state index in [0.717, 1.165) is 18.4 Å². The highest BCUT2D eigenvalue weighted by atomic mass is 35.5. The fraction of sp³-hybridized carbons (Fsp3) is 0.462. The molecule has 0 aliphatic carbocycles. The van der Waals surface area contributed by atoms with Gasteiger partial charge in [0.05, 0.1) is 10.9 Å². The van der Waals surface area contributed by atoms with Gasteiger partial charge in [0.25, 0.3) is 0 Å². The molecule has 0 atom stereocenters. The van der Waals surface area contributed by atoms with E-state index in [2.05, 4.69) is 0 Å². The van der Waals surface area contributed by atoms with Crippen molar-refractivity contribution in [2.24, 2.45) is 5.92 Å². The molecule has 0 unspecified atom stereocenters. The summed E-state index contributed by atoms with van der Waals surface area (Å²) in [5, 5.41) is 0.469. The highest BCUT2D eigenvalue weighted by Crippen LogP contribution is 2.27. The number of rotatable bonds is 2. The second-order valence-electron chi connectivity index (χ2n) is 4.24. The minimum absolute atomic E-state index is 0.0691. The van der Waals surface area contributed by atoms with Crippen molar-refractivity contribution in [2.45, 2.75) is 19.8 Å². The van der Waals surface area contributed by atoms with Crippen LogP contribution in [0.4, 0.5) is 0 Å². The normalized spacial score (nSPS) is 16.8. The molecule has 1 aliphatic heterocycles. The van der Waals surface area contributed by atoms with Gasteiger partial charge in [-0.05, 0) is 37.5 Å². The molecule has 4 heteroatoms. The van der Waals surface area contributed by atoms with Crippen molar-refractivity contribution in [1.29, 1.82) is 0 Å². The molecule has 17 heavy (non-hydrogen) atoms. The minimum atomic E-state index is -0.208. The van der Waals surface area contributed by atoms with Crippen molar-refractivity contribution in [3.8, 4) is 5.75 Å². The lowest BCUT2D eigenvalue weighted by Gasteiger charge is -2.20. The Morgan fingerprint density at radius 1 is 1.41 bits per heavy atom. The van der Waals surface area contributed by atoms with Crippen LogP contribution >= 0.6 is 11.6 Å². The zero-order valence-corrected chi connectivity index (χ0v) is 10.5. The molecule has 1 saturated heterocycles. The van der Waals surface area contributed by atoms with E-state index in [1.54, 1.807) is 12.1 Å². The first-order valence-corrected chi connectivity index (χ1v) is 6.10. The van der Waals surface area contributed by atoms with Crippen LogP contribution in [0.15, 0.2) is 18.2 Å². The number of hydrogen-bond acceptors (Lipinski definition) is 3. The van der Waals surface area contributed by atoms with Crippen molar-refractivity contribution in [3.05, 3.63) is 28.8 Å². The summed E-state index contributed by atoms with van der Waals surface area (Å²) in [5.74, 6) is 0.171. The lowest BCUT2D eigenvalue weighted by molar-refractivity contribution is -0.141. The number of benzene rings is 1. The zero-order valence-electron chi connectivity index (χ0n) is 9.74. The van der Waals surface area contributed by atoms with Crippen molar-refractivity contribution in [2.75, 3.05) is 13.2 Å². The van der Waals surface area contributed by atoms with Crippen LogP contribution in [0.3, 0.4) is 0 Å². The summed E-state index contributed by atoms with van der Waals surface area (Å²) in [6.45, 7) is 3.19. The molecular weight excluding hydrogens is 240 g/mol. The topological polar surface area (TPSA) is 35.5 Å². The number of aryl methyl sites for hydroxylation is 1. The number of carbonyl (C=O) groups is 1. The molecule has 0 N–H and O–H groups in total. The SMILES string of the molecule is Cc1ccc(Cl)c(OC(=O)C2CCOCC2)c1. The van der Waals surface area contributed by atoms with Gasteiger partial charge in [-0.1, -0.05) is 17.7 Å². The van der Waals surface area contributed by atoms with Crippen LogP contribution in [0.2, 0.25) is 5.02 Å². The smallest absolute Gasteiger partial charge is 0.314 e. The fourth-order valence-corrected chi connectivity index (χ4v) is 1.97. The molecule has 1 fully saturated rings. The predicted molar refractivity (Wildman–Crippen MR) is 65.4 cm³/mol. The number of hydrogen-bond donors (Lipinski definition) is 0. The summed E-state index contributed by atoms with van der Waals surface area (Å²) in [6.07, 6.45) is 1.45. The first kappa shape index (κ1) is 12.4.